The molecule has 0 aliphatic rings. The standard InChI is InChI=1S/C17H16ClN5O2/c1-24-13-6-7-15(25-2)14(9-13)21-17-22-16(10-19-23-17)20-12-5-3-4-11(18)8-12/h3-10H,1-2H3,(H2,20,21,22,23). The SMILES string of the molecule is COc1ccc(OC)c(Nc2nncc(Nc3cccc(Cl)c3)n2)c1. The van der Waals surface area contributed by atoms with Crippen molar-refractivity contribution in [2.75, 3.05) is 24.9 Å². The van der Waals surface area contributed by atoms with Gasteiger partial charge in [0.2, 0.25) is 5.95 Å². The predicted octanol–water partition coefficient (Wildman–Crippen LogP) is 4.03. The van der Waals surface area contributed by atoms with E-state index in [1.54, 1.807) is 44.6 Å². The fourth-order valence-corrected chi connectivity index (χ4v) is 2.35. The first-order valence-electron chi connectivity index (χ1n) is 7.39. The van der Waals surface area contributed by atoms with Crippen LogP contribution in [0.3, 0.4) is 0 Å². The van der Waals surface area contributed by atoms with Crippen LogP contribution < -0.4 is 20.1 Å². The number of hydrogen-bond acceptors (Lipinski definition) is 7. The molecule has 0 saturated heterocycles. The van der Waals surface area contributed by atoms with E-state index in [9.17, 15) is 0 Å². The van der Waals surface area contributed by atoms with Gasteiger partial charge in [0, 0.05) is 16.8 Å². The summed E-state index contributed by atoms with van der Waals surface area (Å²) in [5, 5.41) is 14.8. The normalized spacial score (nSPS) is 10.2. The zero-order chi connectivity index (χ0) is 17.6. The maximum absolute atomic E-state index is 5.99. The summed E-state index contributed by atoms with van der Waals surface area (Å²) < 4.78 is 10.6. The highest BCUT2D eigenvalue weighted by Crippen LogP contribution is 2.30. The number of nitrogens with zero attached hydrogens (tertiary/aromatic N) is 3. The highest BCUT2D eigenvalue weighted by atomic mass is 35.5. The van der Waals surface area contributed by atoms with Crippen LogP contribution in [0, 0.1) is 0 Å². The molecule has 2 aromatic carbocycles. The first kappa shape index (κ1) is 16.8. The van der Waals surface area contributed by atoms with E-state index in [0.29, 0.717) is 34.0 Å². The summed E-state index contributed by atoms with van der Waals surface area (Å²) in [5.74, 6) is 2.17. The van der Waals surface area contributed by atoms with Gasteiger partial charge in [0.05, 0.1) is 26.1 Å². The van der Waals surface area contributed by atoms with Gasteiger partial charge in [0.25, 0.3) is 0 Å². The third-order valence-corrected chi connectivity index (χ3v) is 3.54. The average molecular weight is 358 g/mol. The quantitative estimate of drug-likeness (QED) is 0.689. The number of anilines is 4. The molecular formula is C17H16ClN5O2. The number of halogens is 1. The Morgan fingerprint density at radius 2 is 1.88 bits per heavy atom. The van der Waals surface area contributed by atoms with Crippen LogP contribution >= 0.6 is 11.6 Å². The molecule has 0 saturated carbocycles. The van der Waals surface area contributed by atoms with Crippen molar-refractivity contribution < 1.29 is 9.47 Å². The molecule has 7 nitrogen and oxygen atoms in total. The van der Waals surface area contributed by atoms with Gasteiger partial charge in [-0.25, -0.2) is 0 Å². The smallest absolute Gasteiger partial charge is 0.249 e. The Morgan fingerprint density at radius 1 is 1.00 bits per heavy atom. The number of nitrogens with one attached hydrogen (secondary N) is 2. The number of hydrogen-bond donors (Lipinski definition) is 2. The van der Waals surface area contributed by atoms with Gasteiger partial charge < -0.3 is 20.1 Å². The second-order valence-electron chi connectivity index (χ2n) is 4.99. The van der Waals surface area contributed by atoms with Gasteiger partial charge >= 0.3 is 0 Å². The van der Waals surface area contributed by atoms with Crippen molar-refractivity contribution in [1.29, 1.82) is 0 Å². The summed E-state index contributed by atoms with van der Waals surface area (Å²) in [5.41, 5.74) is 1.47. The van der Waals surface area contributed by atoms with Crippen molar-refractivity contribution in [2.24, 2.45) is 0 Å². The summed E-state index contributed by atoms with van der Waals surface area (Å²) in [6.07, 6.45) is 1.52. The maximum atomic E-state index is 5.99. The van der Waals surface area contributed by atoms with E-state index >= 15 is 0 Å². The summed E-state index contributed by atoms with van der Waals surface area (Å²) in [6.45, 7) is 0. The molecule has 0 bridgehead atoms. The molecule has 1 heterocycles. The van der Waals surface area contributed by atoms with E-state index in [-0.39, 0.29) is 0 Å². The molecule has 0 amide bonds. The van der Waals surface area contributed by atoms with Crippen molar-refractivity contribution in [1.82, 2.24) is 15.2 Å². The molecule has 0 fully saturated rings. The van der Waals surface area contributed by atoms with Crippen LogP contribution in [0.25, 0.3) is 0 Å². The van der Waals surface area contributed by atoms with E-state index in [4.69, 9.17) is 21.1 Å². The molecule has 25 heavy (non-hydrogen) atoms. The molecule has 1 aromatic heterocycles. The molecule has 0 spiro atoms. The van der Waals surface area contributed by atoms with Crippen LogP contribution in [0.15, 0.2) is 48.7 Å². The predicted molar refractivity (Wildman–Crippen MR) is 97.4 cm³/mol. The van der Waals surface area contributed by atoms with Crippen LogP contribution in [0.2, 0.25) is 5.02 Å². The minimum absolute atomic E-state index is 0.318. The van der Waals surface area contributed by atoms with Crippen molar-refractivity contribution in [3.8, 4) is 11.5 Å². The van der Waals surface area contributed by atoms with Crippen LogP contribution in [-0.4, -0.2) is 29.4 Å². The maximum Gasteiger partial charge on any atom is 0.249 e. The first-order chi connectivity index (χ1) is 12.2. The van der Waals surface area contributed by atoms with Crippen molar-refractivity contribution in [3.63, 3.8) is 0 Å². The lowest BCUT2D eigenvalue weighted by Gasteiger charge is -2.12. The Morgan fingerprint density at radius 3 is 2.64 bits per heavy atom. The largest absolute Gasteiger partial charge is 0.497 e. The molecule has 8 heteroatoms. The minimum Gasteiger partial charge on any atom is -0.497 e. The van der Waals surface area contributed by atoms with Crippen LogP contribution in [0.4, 0.5) is 23.1 Å². The molecule has 2 N–H and O–H groups in total. The fourth-order valence-electron chi connectivity index (χ4n) is 2.16. The van der Waals surface area contributed by atoms with Crippen molar-refractivity contribution >= 4 is 34.7 Å². The number of benzene rings is 2. The second-order valence-corrected chi connectivity index (χ2v) is 5.43. The number of methoxy groups -OCH3 is 2. The van der Waals surface area contributed by atoms with Gasteiger partial charge in [-0.05, 0) is 30.3 Å². The lowest BCUT2D eigenvalue weighted by atomic mass is 10.2. The molecule has 0 atom stereocenters. The van der Waals surface area contributed by atoms with Gasteiger partial charge in [-0.1, -0.05) is 17.7 Å². The molecule has 0 unspecified atom stereocenters. The summed E-state index contributed by atoms with van der Waals surface area (Å²) in [7, 11) is 3.18. The summed E-state index contributed by atoms with van der Waals surface area (Å²) >= 11 is 5.99. The van der Waals surface area contributed by atoms with Gasteiger partial charge in [0.15, 0.2) is 5.82 Å². The van der Waals surface area contributed by atoms with Crippen molar-refractivity contribution in [3.05, 3.63) is 53.7 Å². The Kier molecular flexibility index (Phi) is 5.15. The first-order valence-corrected chi connectivity index (χ1v) is 7.77. The van der Waals surface area contributed by atoms with E-state index in [2.05, 4.69) is 25.8 Å². The highest BCUT2D eigenvalue weighted by molar-refractivity contribution is 6.30. The average Bonchev–Trinajstić information content (AvgIpc) is 2.62. The van der Waals surface area contributed by atoms with Gasteiger partial charge in [-0.3, -0.25) is 0 Å². The third kappa shape index (κ3) is 4.27. The molecule has 3 rings (SSSR count). The monoisotopic (exact) mass is 357 g/mol. The molecule has 128 valence electrons. The zero-order valence-corrected chi connectivity index (χ0v) is 14.4. The lowest BCUT2D eigenvalue weighted by molar-refractivity contribution is 0.405. The fraction of sp³-hybridized carbons (Fsp3) is 0.118. The number of rotatable bonds is 6. The van der Waals surface area contributed by atoms with Crippen LogP contribution in [0.1, 0.15) is 0 Å². The van der Waals surface area contributed by atoms with Gasteiger partial charge in [-0.15, -0.1) is 5.10 Å². The molecule has 0 radical (unpaired) electrons. The van der Waals surface area contributed by atoms with E-state index in [0.717, 1.165) is 5.69 Å². The second kappa shape index (κ2) is 7.67. The minimum atomic E-state index is 0.318. The molecule has 0 aliphatic heterocycles. The van der Waals surface area contributed by atoms with E-state index < -0.39 is 0 Å². The summed E-state index contributed by atoms with van der Waals surface area (Å²) in [4.78, 5) is 4.39. The topological polar surface area (TPSA) is 81.2 Å². The Hall–Kier alpha value is -3.06. The highest BCUT2D eigenvalue weighted by Gasteiger charge is 2.08. The summed E-state index contributed by atoms with van der Waals surface area (Å²) in [6, 6.07) is 12.7. The Labute approximate surface area is 150 Å². The van der Waals surface area contributed by atoms with Crippen LogP contribution in [0.5, 0.6) is 11.5 Å². The number of aromatic nitrogens is 3. The van der Waals surface area contributed by atoms with E-state index in [1.807, 2.05) is 12.1 Å². The number of ether oxygens (including phenoxy) is 2. The van der Waals surface area contributed by atoms with Crippen LogP contribution in [-0.2, 0) is 0 Å². The zero-order valence-electron chi connectivity index (χ0n) is 13.7. The third-order valence-electron chi connectivity index (χ3n) is 3.31. The van der Waals surface area contributed by atoms with Gasteiger partial charge in [-0.2, -0.15) is 10.1 Å². The lowest BCUT2D eigenvalue weighted by Crippen LogP contribution is -2.03. The van der Waals surface area contributed by atoms with Gasteiger partial charge in [0.1, 0.15) is 11.5 Å². The Bertz CT molecular complexity index is 875. The van der Waals surface area contributed by atoms with Crippen molar-refractivity contribution in [2.45, 2.75) is 0 Å². The molecule has 0 aliphatic carbocycles. The molecular weight excluding hydrogens is 342 g/mol. The van der Waals surface area contributed by atoms with E-state index in [1.165, 1.54) is 6.20 Å². The Balaban J connectivity index is 1.82. The molecule has 3 aromatic rings.